The first kappa shape index (κ1) is 17.1. The average Bonchev–Trinajstić information content (AvgIpc) is 3.25. The lowest BCUT2D eigenvalue weighted by molar-refractivity contribution is 0.0365. The molecule has 1 saturated heterocycles. The number of hydrogen-bond acceptors (Lipinski definition) is 6. The van der Waals surface area contributed by atoms with Crippen molar-refractivity contribution in [3.8, 4) is 5.75 Å². The van der Waals surface area contributed by atoms with E-state index in [-0.39, 0.29) is 6.61 Å². The van der Waals surface area contributed by atoms with Gasteiger partial charge in [0.1, 0.15) is 25.1 Å². The zero-order chi connectivity index (χ0) is 17.9. The van der Waals surface area contributed by atoms with Gasteiger partial charge in [-0.05, 0) is 18.2 Å². The first-order chi connectivity index (χ1) is 12.7. The maximum absolute atomic E-state index is 10.3. The van der Waals surface area contributed by atoms with Gasteiger partial charge < -0.3 is 24.1 Å². The maximum atomic E-state index is 10.3. The zero-order valence-electron chi connectivity index (χ0n) is 14.7. The first-order valence-corrected chi connectivity index (χ1v) is 8.76. The van der Waals surface area contributed by atoms with Crippen LogP contribution in [0.25, 0.3) is 10.9 Å². The van der Waals surface area contributed by atoms with Crippen LogP contribution in [0.2, 0.25) is 0 Å². The Morgan fingerprint density at radius 1 is 1.38 bits per heavy atom. The standard InChI is InChI=1S/C19H23N3O4/c1-24-12-15-7-18(21-26-15)13-8-22(9-13)10-14(23)11-25-19-4-2-3-17-16(19)5-6-20-17/h2-7,13-14,20,23H,8-12H2,1H3. The van der Waals surface area contributed by atoms with Crippen LogP contribution in [-0.2, 0) is 11.3 Å². The molecule has 0 saturated carbocycles. The van der Waals surface area contributed by atoms with Crippen LogP contribution in [0.15, 0.2) is 41.1 Å². The van der Waals surface area contributed by atoms with Crippen LogP contribution in [0.5, 0.6) is 5.75 Å². The van der Waals surface area contributed by atoms with Gasteiger partial charge in [0, 0.05) is 55.8 Å². The van der Waals surface area contributed by atoms with Crippen molar-refractivity contribution < 1.29 is 19.1 Å². The van der Waals surface area contributed by atoms with Gasteiger partial charge in [0.15, 0.2) is 5.76 Å². The minimum Gasteiger partial charge on any atom is -0.490 e. The Labute approximate surface area is 151 Å². The number of H-pyrrole nitrogens is 1. The molecule has 7 nitrogen and oxygen atoms in total. The second-order valence-corrected chi connectivity index (χ2v) is 6.73. The zero-order valence-corrected chi connectivity index (χ0v) is 14.7. The molecule has 26 heavy (non-hydrogen) atoms. The highest BCUT2D eigenvalue weighted by atomic mass is 16.5. The molecule has 0 bridgehead atoms. The summed E-state index contributed by atoms with van der Waals surface area (Å²) in [7, 11) is 1.63. The summed E-state index contributed by atoms with van der Waals surface area (Å²) in [4.78, 5) is 5.35. The SMILES string of the molecule is COCc1cc(C2CN(CC(O)COc3cccc4[nH]ccc34)C2)no1. The summed E-state index contributed by atoms with van der Waals surface area (Å²) < 4.78 is 16.1. The predicted molar refractivity (Wildman–Crippen MR) is 96.2 cm³/mol. The van der Waals surface area contributed by atoms with E-state index >= 15 is 0 Å². The second kappa shape index (κ2) is 7.49. The number of aliphatic hydroxyl groups is 1. The van der Waals surface area contributed by atoms with E-state index < -0.39 is 6.10 Å². The van der Waals surface area contributed by atoms with Gasteiger partial charge in [-0.2, -0.15) is 0 Å². The van der Waals surface area contributed by atoms with E-state index in [2.05, 4.69) is 15.0 Å². The molecule has 138 valence electrons. The molecule has 1 aliphatic heterocycles. The molecule has 1 unspecified atom stereocenters. The van der Waals surface area contributed by atoms with Gasteiger partial charge in [0.25, 0.3) is 0 Å². The van der Waals surface area contributed by atoms with Gasteiger partial charge in [0.2, 0.25) is 0 Å². The fourth-order valence-corrected chi connectivity index (χ4v) is 3.36. The topological polar surface area (TPSA) is 83.8 Å². The smallest absolute Gasteiger partial charge is 0.162 e. The van der Waals surface area contributed by atoms with Gasteiger partial charge >= 0.3 is 0 Å². The van der Waals surface area contributed by atoms with Crippen LogP contribution in [0.1, 0.15) is 17.4 Å². The molecule has 3 heterocycles. The molecule has 0 spiro atoms. The molecule has 1 aliphatic rings. The lowest BCUT2D eigenvalue weighted by atomic mass is 9.96. The molecule has 2 aromatic heterocycles. The van der Waals surface area contributed by atoms with Crippen LogP contribution < -0.4 is 4.74 Å². The van der Waals surface area contributed by atoms with Crippen LogP contribution in [0, 0.1) is 0 Å². The van der Waals surface area contributed by atoms with Crippen molar-refractivity contribution in [2.24, 2.45) is 0 Å². The number of nitrogens with zero attached hydrogens (tertiary/aromatic N) is 2. The highest BCUT2D eigenvalue weighted by molar-refractivity contribution is 5.85. The summed E-state index contributed by atoms with van der Waals surface area (Å²) in [5.74, 6) is 1.89. The summed E-state index contributed by atoms with van der Waals surface area (Å²) in [5, 5.41) is 15.4. The Hall–Kier alpha value is -2.35. The monoisotopic (exact) mass is 357 g/mol. The van der Waals surface area contributed by atoms with Gasteiger partial charge in [-0.15, -0.1) is 0 Å². The van der Waals surface area contributed by atoms with Crippen LogP contribution in [0.3, 0.4) is 0 Å². The van der Waals surface area contributed by atoms with E-state index in [1.807, 2.05) is 36.5 Å². The molecular formula is C19H23N3O4. The van der Waals surface area contributed by atoms with Crippen molar-refractivity contribution in [3.05, 3.63) is 48.0 Å². The molecule has 0 amide bonds. The fourth-order valence-electron chi connectivity index (χ4n) is 3.36. The Kier molecular flexibility index (Phi) is 4.92. The summed E-state index contributed by atoms with van der Waals surface area (Å²) in [5.41, 5.74) is 1.99. The van der Waals surface area contributed by atoms with Gasteiger partial charge in [-0.3, -0.25) is 4.90 Å². The number of fused-ring (bicyclic) bond motifs is 1. The number of aromatic amines is 1. The third kappa shape index (κ3) is 3.60. The number of aliphatic hydroxyl groups excluding tert-OH is 1. The first-order valence-electron chi connectivity index (χ1n) is 8.76. The number of nitrogens with one attached hydrogen (secondary N) is 1. The summed E-state index contributed by atoms with van der Waals surface area (Å²) >= 11 is 0. The van der Waals surface area contributed by atoms with Crippen molar-refractivity contribution in [1.82, 2.24) is 15.0 Å². The lowest BCUT2D eigenvalue weighted by Crippen LogP contribution is -2.49. The maximum Gasteiger partial charge on any atom is 0.162 e. The number of benzene rings is 1. The molecule has 3 aromatic rings. The molecular weight excluding hydrogens is 334 g/mol. The molecule has 1 fully saturated rings. The number of likely N-dealkylation sites (tertiary alicyclic amines) is 1. The Bertz CT molecular complexity index is 853. The predicted octanol–water partition coefficient (Wildman–Crippen LogP) is 2.14. The van der Waals surface area contributed by atoms with Crippen molar-refractivity contribution in [3.63, 3.8) is 0 Å². The number of ether oxygens (including phenoxy) is 2. The van der Waals surface area contributed by atoms with E-state index in [0.717, 1.165) is 41.2 Å². The minimum absolute atomic E-state index is 0.271. The molecule has 0 aliphatic carbocycles. The van der Waals surface area contributed by atoms with E-state index in [9.17, 15) is 5.11 Å². The number of aromatic nitrogens is 2. The molecule has 2 N–H and O–H groups in total. The Morgan fingerprint density at radius 3 is 3.12 bits per heavy atom. The second-order valence-electron chi connectivity index (χ2n) is 6.73. The highest BCUT2D eigenvalue weighted by Gasteiger charge is 2.31. The van der Waals surface area contributed by atoms with E-state index in [1.54, 1.807) is 7.11 Å². The number of rotatable bonds is 8. The largest absolute Gasteiger partial charge is 0.490 e. The van der Waals surface area contributed by atoms with Crippen molar-refractivity contribution in [1.29, 1.82) is 0 Å². The number of methoxy groups -OCH3 is 1. The third-order valence-electron chi connectivity index (χ3n) is 4.69. The normalized spacial score (nSPS) is 16.7. The van der Waals surface area contributed by atoms with E-state index in [4.69, 9.17) is 14.0 Å². The molecule has 1 atom stereocenters. The minimum atomic E-state index is -0.536. The third-order valence-corrected chi connectivity index (χ3v) is 4.69. The average molecular weight is 357 g/mol. The summed E-state index contributed by atoms with van der Waals surface area (Å²) in [6.45, 7) is 3.02. The van der Waals surface area contributed by atoms with Gasteiger partial charge in [-0.25, -0.2) is 0 Å². The van der Waals surface area contributed by atoms with Crippen molar-refractivity contribution in [2.45, 2.75) is 18.6 Å². The van der Waals surface area contributed by atoms with E-state index in [1.165, 1.54) is 0 Å². The van der Waals surface area contributed by atoms with Crippen molar-refractivity contribution >= 4 is 10.9 Å². The van der Waals surface area contributed by atoms with E-state index in [0.29, 0.717) is 19.1 Å². The van der Waals surface area contributed by atoms with Crippen LogP contribution in [-0.4, -0.2) is 59.6 Å². The quantitative estimate of drug-likeness (QED) is 0.643. The fraction of sp³-hybridized carbons (Fsp3) is 0.421. The number of hydrogen-bond donors (Lipinski definition) is 2. The Balaban J connectivity index is 1.23. The van der Waals surface area contributed by atoms with Crippen LogP contribution >= 0.6 is 0 Å². The van der Waals surface area contributed by atoms with Crippen molar-refractivity contribution in [2.75, 3.05) is 33.4 Å². The number of β-amino-alcohol motifs (C(OH)–C–C–N with tert-alkyl or cyclic N) is 1. The molecule has 1 aromatic carbocycles. The molecule has 4 rings (SSSR count). The van der Waals surface area contributed by atoms with Gasteiger partial charge in [0.05, 0.1) is 5.69 Å². The lowest BCUT2D eigenvalue weighted by Gasteiger charge is -2.39. The van der Waals surface area contributed by atoms with Crippen LogP contribution in [0.4, 0.5) is 0 Å². The highest BCUT2D eigenvalue weighted by Crippen LogP contribution is 2.27. The van der Waals surface area contributed by atoms with Gasteiger partial charge in [-0.1, -0.05) is 11.2 Å². The Morgan fingerprint density at radius 2 is 2.27 bits per heavy atom. The summed E-state index contributed by atoms with van der Waals surface area (Å²) in [6, 6.07) is 9.79. The molecule has 0 radical (unpaired) electrons. The summed E-state index contributed by atoms with van der Waals surface area (Å²) in [6.07, 6.45) is 1.35. The molecule has 7 heteroatoms.